The van der Waals surface area contributed by atoms with Crippen molar-refractivity contribution in [3.63, 3.8) is 0 Å². The molecule has 1 saturated heterocycles. The third-order valence-corrected chi connectivity index (χ3v) is 4.76. The fourth-order valence-electron chi connectivity index (χ4n) is 2.20. The van der Waals surface area contributed by atoms with E-state index in [-0.39, 0.29) is 10.8 Å². The second kappa shape index (κ2) is 5.88. The number of sulfonamides is 1. The number of halogens is 1. The van der Waals surface area contributed by atoms with E-state index in [0.29, 0.717) is 13.1 Å². The molecule has 1 heterocycles. The molecule has 1 fully saturated rings. The molecule has 0 aromatic heterocycles. The van der Waals surface area contributed by atoms with Gasteiger partial charge in [-0.25, -0.2) is 12.8 Å². The maximum absolute atomic E-state index is 13.1. The molecule has 1 atom stereocenters. The summed E-state index contributed by atoms with van der Waals surface area (Å²) in [6.45, 7) is 2.81. The van der Waals surface area contributed by atoms with E-state index < -0.39 is 21.9 Å². The summed E-state index contributed by atoms with van der Waals surface area (Å²) in [5, 5.41) is 0. The van der Waals surface area contributed by atoms with Gasteiger partial charge in [0.1, 0.15) is 5.82 Å². The van der Waals surface area contributed by atoms with Crippen LogP contribution in [0.15, 0.2) is 29.2 Å². The standard InChI is InChI=1S/C13H17FN2O3S/c1-10(13(17)16-7-2-3-8-16)15-20(18,19)12-6-4-5-11(14)9-12/h4-6,9-10,15H,2-3,7-8H2,1H3/t10-/m0/s1. The molecule has 1 aromatic rings. The van der Waals surface area contributed by atoms with Gasteiger partial charge in [0.25, 0.3) is 0 Å². The Labute approximate surface area is 117 Å². The van der Waals surface area contributed by atoms with E-state index in [1.165, 1.54) is 19.1 Å². The average molecular weight is 300 g/mol. The maximum Gasteiger partial charge on any atom is 0.241 e. The van der Waals surface area contributed by atoms with Crippen LogP contribution < -0.4 is 4.72 Å². The second-order valence-electron chi connectivity index (χ2n) is 4.83. The number of amides is 1. The molecule has 0 aliphatic carbocycles. The van der Waals surface area contributed by atoms with Crippen LogP contribution in [0.5, 0.6) is 0 Å². The molecule has 0 radical (unpaired) electrons. The molecule has 2 rings (SSSR count). The van der Waals surface area contributed by atoms with E-state index in [1.807, 2.05) is 0 Å². The number of likely N-dealkylation sites (tertiary alicyclic amines) is 1. The average Bonchev–Trinajstić information content (AvgIpc) is 2.91. The summed E-state index contributed by atoms with van der Waals surface area (Å²) in [6.07, 6.45) is 1.88. The highest BCUT2D eigenvalue weighted by molar-refractivity contribution is 7.89. The zero-order valence-corrected chi connectivity index (χ0v) is 12.0. The van der Waals surface area contributed by atoms with Crippen LogP contribution >= 0.6 is 0 Å². The van der Waals surface area contributed by atoms with Gasteiger partial charge in [-0.3, -0.25) is 4.79 Å². The second-order valence-corrected chi connectivity index (χ2v) is 6.55. The van der Waals surface area contributed by atoms with Crippen LogP contribution in [0.3, 0.4) is 0 Å². The Morgan fingerprint density at radius 3 is 2.60 bits per heavy atom. The molecule has 1 N–H and O–H groups in total. The minimum absolute atomic E-state index is 0.182. The van der Waals surface area contributed by atoms with Crippen molar-refractivity contribution >= 4 is 15.9 Å². The first-order valence-corrected chi connectivity index (χ1v) is 7.95. The minimum Gasteiger partial charge on any atom is -0.341 e. The predicted molar refractivity (Wildman–Crippen MR) is 72.0 cm³/mol. The van der Waals surface area contributed by atoms with Gasteiger partial charge in [0.05, 0.1) is 10.9 Å². The summed E-state index contributed by atoms with van der Waals surface area (Å²) >= 11 is 0. The van der Waals surface area contributed by atoms with Crippen molar-refractivity contribution in [3.05, 3.63) is 30.1 Å². The van der Waals surface area contributed by atoms with Gasteiger partial charge in [-0.1, -0.05) is 6.07 Å². The number of hydrogen-bond donors (Lipinski definition) is 1. The highest BCUT2D eigenvalue weighted by Gasteiger charge is 2.27. The third kappa shape index (κ3) is 3.34. The first-order chi connectivity index (χ1) is 9.40. The Bertz CT molecular complexity index is 597. The number of carbonyl (C=O) groups excluding carboxylic acids is 1. The van der Waals surface area contributed by atoms with Crippen molar-refractivity contribution < 1.29 is 17.6 Å². The first-order valence-electron chi connectivity index (χ1n) is 6.47. The smallest absolute Gasteiger partial charge is 0.241 e. The third-order valence-electron chi connectivity index (χ3n) is 3.23. The Morgan fingerprint density at radius 1 is 1.35 bits per heavy atom. The molecular formula is C13H17FN2O3S. The van der Waals surface area contributed by atoms with Gasteiger partial charge in [0, 0.05) is 13.1 Å². The molecule has 110 valence electrons. The number of hydrogen-bond acceptors (Lipinski definition) is 3. The van der Waals surface area contributed by atoms with E-state index in [4.69, 9.17) is 0 Å². The van der Waals surface area contributed by atoms with Gasteiger partial charge in [0.2, 0.25) is 15.9 Å². The quantitative estimate of drug-likeness (QED) is 0.906. The van der Waals surface area contributed by atoms with Gasteiger partial charge in [-0.2, -0.15) is 4.72 Å². The molecule has 1 aliphatic heterocycles. The SMILES string of the molecule is C[C@H](NS(=O)(=O)c1cccc(F)c1)C(=O)N1CCCC1. The molecule has 1 amide bonds. The van der Waals surface area contributed by atoms with Crippen LogP contribution in [0.25, 0.3) is 0 Å². The van der Waals surface area contributed by atoms with Crippen LogP contribution in [-0.4, -0.2) is 38.4 Å². The van der Waals surface area contributed by atoms with Crippen LogP contribution in [0.2, 0.25) is 0 Å². The molecule has 5 nitrogen and oxygen atoms in total. The monoisotopic (exact) mass is 300 g/mol. The summed E-state index contributed by atoms with van der Waals surface area (Å²) in [7, 11) is -3.89. The van der Waals surface area contributed by atoms with Crippen molar-refractivity contribution in [2.75, 3.05) is 13.1 Å². The van der Waals surface area contributed by atoms with Crippen molar-refractivity contribution in [3.8, 4) is 0 Å². The normalized spacial score (nSPS) is 17.2. The van der Waals surface area contributed by atoms with E-state index >= 15 is 0 Å². The van der Waals surface area contributed by atoms with E-state index in [1.54, 1.807) is 4.90 Å². The fourth-order valence-corrected chi connectivity index (χ4v) is 3.42. The topological polar surface area (TPSA) is 66.5 Å². The summed E-state index contributed by atoms with van der Waals surface area (Å²) in [6, 6.07) is 3.84. The van der Waals surface area contributed by atoms with Crippen molar-refractivity contribution in [2.45, 2.75) is 30.7 Å². The van der Waals surface area contributed by atoms with E-state index in [2.05, 4.69) is 4.72 Å². The number of nitrogens with zero attached hydrogens (tertiary/aromatic N) is 1. The Morgan fingerprint density at radius 2 is 2.00 bits per heavy atom. The van der Waals surface area contributed by atoms with Crippen LogP contribution in [-0.2, 0) is 14.8 Å². The summed E-state index contributed by atoms with van der Waals surface area (Å²) in [4.78, 5) is 13.5. The van der Waals surface area contributed by atoms with E-state index in [9.17, 15) is 17.6 Å². The first kappa shape index (κ1) is 14.9. The zero-order valence-electron chi connectivity index (χ0n) is 11.2. The molecule has 0 bridgehead atoms. The van der Waals surface area contributed by atoms with Crippen molar-refractivity contribution in [1.82, 2.24) is 9.62 Å². The highest BCUT2D eigenvalue weighted by atomic mass is 32.2. The molecule has 0 spiro atoms. The zero-order chi connectivity index (χ0) is 14.8. The van der Waals surface area contributed by atoms with E-state index in [0.717, 1.165) is 25.0 Å². The number of rotatable bonds is 4. The van der Waals surface area contributed by atoms with Gasteiger partial charge < -0.3 is 4.90 Å². The molecule has 20 heavy (non-hydrogen) atoms. The highest BCUT2D eigenvalue weighted by Crippen LogP contribution is 2.13. The predicted octanol–water partition coefficient (Wildman–Crippen LogP) is 1.11. The van der Waals surface area contributed by atoms with Crippen LogP contribution in [0.1, 0.15) is 19.8 Å². The summed E-state index contributed by atoms with van der Waals surface area (Å²) in [5.41, 5.74) is 0. The fraction of sp³-hybridized carbons (Fsp3) is 0.462. The Kier molecular flexibility index (Phi) is 4.39. The number of benzene rings is 1. The lowest BCUT2D eigenvalue weighted by atomic mass is 10.3. The molecule has 0 unspecified atom stereocenters. The molecule has 1 aromatic carbocycles. The van der Waals surface area contributed by atoms with Gasteiger partial charge >= 0.3 is 0 Å². The van der Waals surface area contributed by atoms with Crippen molar-refractivity contribution in [1.29, 1.82) is 0 Å². The lowest BCUT2D eigenvalue weighted by molar-refractivity contribution is -0.131. The number of nitrogens with one attached hydrogen (secondary N) is 1. The summed E-state index contributed by atoms with van der Waals surface area (Å²) < 4.78 is 39.5. The van der Waals surface area contributed by atoms with Gasteiger partial charge in [-0.15, -0.1) is 0 Å². The van der Waals surface area contributed by atoms with Crippen LogP contribution in [0.4, 0.5) is 4.39 Å². The van der Waals surface area contributed by atoms with Gasteiger partial charge in [0.15, 0.2) is 0 Å². The van der Waals surface area contributed by atoms with Gasteiger partial charge in [-0.05, 0) is 38.0 Å². The number of carbonyl (C=O) groups is 1. The minimum atomic E-state index is -3.89. The lowest BCUT2D eigenvalue weighted by Gasteiger charge is -2.21. The lowest BCUT2D eigenvalue weighted by Crippen LogP contribution is -2.45. The Balaban J connectivity index is 2.09. The maximum atomic E-state index is 13.1. The molecule has 7 heteroatoms. The molecule has 0 saturated carbocycles. The largest absolute Gasteiger partial charge is 0.341 e. The molecule has 1 aliphatic rings. The van der Waals surface area contributed by atoms with Crippen LogP contribution in [0, 0.1) is 5.82 Å². The summed E-state index contributed by atoms with van der Waals surface area (Å²) in [5.74, 6) is -0.881. The van der Waals surface area contributed by atoms with Crippen molar-refractivity contribution in [2.24, 2.45) is 0 Å². The Hall–Kier alpha value is -1.47. The molecular weight excluding hydrogens is 283 g/mol.